The van der Waals surface area contributed by atoms with Crippen LogP contribution in [0.2, 0.25) is 0 Å². The van der Waals surface area contributed by atoms with Crippen LogP contribution in [0.3, 0.4) is 0 Å². The third kappa shape index (κ3) is 3.42. The lowest BCUT2D eigenvalue weighted by Crippen LogP contribution is -2.34. The maximum absolute atomic E-state index is 15.6. The molecule has 7 nitrogen and oxygen atoms in total. The number of fused-ring (bicyclic) bond motifs is 5. The number of hydrogen-bond donors (Lipinski definition) is 1. The third-order valence-corrected chi connectivity index (χ3v) is 6.74. The first-order chi connectivity index (χ1) is 15.0. The largest absolute Gasteiger partial charge is 0.462 e. The number of ether oxygens (including phenoxy) is 2. The molecule has 1 saturated heterocycles. The lowest BCUT2D eigenvalue weighted by Gasteiger charge is -2.32. The summed E-state index contributed by atoms with van der Waals surface area (Å²) in [5, 5.41) is 0.212. The van der Waals surface area contributed by atoms with Gasteiger partial charge in [-0.05, 0) is 51.1 Å². The molecule has 2 aliphatic heterocycles. The van der Waals surface area contributed by atoms with Gasteiger partial charge in [-0.1, -0.05) is 0 Å². The Balaban J connectivity index is 1.77. The number of nitrogens with zero attached hydrogens (tertiary/aromatic N) is 2. The van der Waals surface area contributed by atoms with Gasteiger partial charge in [0.1, 0.15) is 11.4 Å². The Morgan fingerprint density at radius 3 is 2.84 bits per heavy atom. The number of hydrogen-bond acceptors (Lipinski definition) is 6. The van der Waals surface area contributed by atoms with Crippen molar-refractivity contribution in [2.75, 3.05) is 31.2 Å². The van der Waals surface area contributed by atoms with Crippen LogP contribution in [0.1, 0.15) is 54.6 Å². The van der Waals surface area contributed by atoms with E-state index in [1.165, 1.54) is 6.07 Å². The first kappa shape index (κ1) is 20.5. The van der Waals surface area contributed by atoms with Crippen molar-refractivity contribution in [2.45, 2.75) is 51.3 Å². The zero-order valence-electron chi connectivity index (χ0n) is 17.7. The average Bonchev–Trinajstić information content (AvgIpc) is 3.51. The highest BCUT2D eigenvalue weighted by Crippen LogP contribution is 2.43. The highest BCUT2D eigenvalue weighted by atomic mass is 19.1. The van der Waals surface area contributed by atoms with Crippen molar-refractivity contribution in [3.05, 3.63) is 39.4 Å². The second kappa shape index (κ2) is 7.91. The Morgan fingerprint density at radius 2 is 2.13 bits per heavy atom. The van der Waals surface area contributed by atoms with Gasteiger partial charge in [0.2, 0.25) is 5.43 Å². The van der Waals surface area contributed by atoms with Crippen LogP contribution in [-0.2, 0) is 16.1 Å². The van der Waals surface area contributed by atoms with E-state index in [1.54, 1.807) is 13.1 Å². The number of benzene rings is 1. The fourth-order valence-corrected chi connectivity index (χ4v) is 5.13. The van der Waals surface area contributed by atoms with E-state index in [0.717, 1.165) is 25.7 Å². The first-order valence-corrected chi connectivity index (χ1v) is 11.1. The van der Waals surface area contributed by atoms with Gasteiger partial charge in [0.25, 0.3) is 0 Å². The van der Waals surface area contributed by atoms with E-state index in [1.807, 2.05) is 4.57 Å². The molecule has 2 atom stereocenters. The molecule has 31 heavy (non-hydrogen) atoms. The molecule has 0 unspecified atom stereocenters. The van der Waals surface area contributed by atoms with Gasteiger partial charge < -0.3 is 24.7 Å². The molecular formula is C23H28FN3O4. The Labute approximate surface area is 179 Å². The van der Waals surface area contributed by atoms with Crippen molar-refractivity contribution in [3.63, 3.8) is 0 Å². The number of nitrogens with two attached hydrogens (primary N) is 1. The van der Waals surface area contributed by atoms with Crippen LogP contribution in [0.4, 0.5) is 10.1 Å². The molecule has 0 amide bonds. The maximum Gasteiger partial charge on any atom is 0.343 e. The highest BCUT2D eigenvalue weighted by Gasteiger charge is 2.37. The number of carbonyl (C=O) groups excluding carboxylic acids is 1. The fraction of sp³-hybridized carbons (Fsp3) is 0.565. The number of carbonyl (C=O) groups is 1. The number of anilines is 1. The Morgan fingerprint density at radius 1 is 1.32 bits per heavy atom. The SMILES string of the molecule is CCOC(=O)c1cn(C2CC2)c2c3c(c(F)cc2c1=O)N1C[C@@H](CN)C[C@H]1CCOC3. The minimum Gasteiger partial charge on any atom is -0.462 e. The van der Waals surface area contributed by atoms with E-state index in [4.69, 9.17) is 15.2 Å². The molecule has 166 valence electrons. The fourth-order valence-electron chi connectivity index (χ4n) is 5.13. The molecule has 0 spiro atoms. The van der Waals surface area contributed by atoms with Gasteiger partial charge in [0.15, 0.2) is 0 Å². The van der Waals surface area contributed by atoms with Gasteiger partial charge in [-0.3, -0.25) is 4.79 Å². The summed E-state index contributed by atoms with van der Waals surface area (Å²) >= 11 is 0. The smallest absolute Gasteiger partial charge is 0.343 e. The summed E-state index contributed by atoms with van der Waals surface area (Å²) < 4.78 is 28.6. The zero-order chi connectivity index (χ0) is 21.7. The second-order valence-electron chi connectivity index (χ2n) is 8.80. The molecule has 0 radical (unpaired) electrons. The molecule has 8 heteroatoms. The third-order valence-electron chi connectivity index (χ3n) is 6.74. The van der Waals surface area contributed by atoms with Crippen LogP contribution in [0.5, 0.6) is 0 Å². The summed E-state index contributed by atoms with van der Waals surface area (Å²) in [7, 11) is 0. The van der Waals surface area contributed by atoms with Crippen LogP contribution in [0.25, 0.3) is 10.9 Å². The van der Waals surface area contributed by atoms with Gasteiger partial charge in [-0.15, -0.1) is 0 Å². The normalized spacial score (nSPS) is 23.3. The van der Waals surface area contributed by atoms with E-state index < -0.39 is 17.2 Å². The van der Waals surface area contributed by atoms with Gasteiger partial charge in [0, 0.05) is 42.4 Å². The maximum atomic E-state index is 15.6. The van der Waals surface area contributed by atoms with Crippen molar-refractivity contribution in [2.24, 2.45) is 11.7 Å². The van der Waals surface area contributed by atoms with Crippen molar-refractivity contribution in [3.8, 4) is 0 Å². The lowest BCUT2D eigenvalue weighted by molar-refractivity contribution is 0.0524. The predicted molar refractivity (Wildman–Crippen MR) is 115 cm³/mol. The van der Waals surface area contributed by atoms with E-state index in [0.29, 0.717) is 42.4 Å². The van der Waals surface area contributed by atoms with Crippen LogP contribution in [-0.4, -0.2) is 42.9 Å². The standard InChI is InChI=1S/C23H28FN3O4/c1-2-31-23(29)17-11-27(14-3-4-14)20-16(22(17)28)8-19(24)21-18(20)12-30-6-5-15-7-13(9-25)10-26(15)21/h8,11,13-15H,2-7,9-10,12,25H2,1H3/t13-,15-/m1/s1. The molecule has 2 fully saturated rings. The van der Waals surface area contributed by atoms with Gasteiger partial charge in [-0.2, -0.15) is 0 Å². The van der Waals surface area contributed by atoms with E-state index in [-0.39, 0.29) is 36.2 Å². The molecule has 1 aromatic heterocycles. The molecule has 1 saturated carbocycles. The topological polar surface area (TPSA) is 86.8 Å². The number of pyridine rings is 1. The Hall–Kier alpha value is -2.45. The lowest BCUT2D eigenvalue weighted by atomic mass is 10.0. The van der Waals surface area contributed by atoms with Crippen molar-refractivity contribution >= 4 is 22.6 Å². The number of rotatable bonds is 4. The van der Waals surface area contributed by atoms with E-state index in [9.17, 15) is 9.59 Å². The van der Waals surface area contributed by atoms with E-state index >= 15 is 4.39 Å². The Bertz CT molecular complexity index is 1090. The molecule has 2 aromatic rings. The predicted octanol–water partition coefficient (Wildman–Crippen LogP) is 2.73. The second-order valence-corrected chi connectivity index (χ2v) is 8.80. The van der Waals surface area contributed by atoms with Crippen LogP contribution < -0.4 is 16.1 Å². The van der Waals surface area contributed by atoms with Crippen molar-refractivity contribution < 1.29 is 18.7 Å². The first-order valence-electron chi connectivity index (χ1n) is 11.1. The zero-order valence-corrected chi connectivity index (χ0v) is 17.7. The highest BCUT2D eigenvalue weighted by molar-refractivity contribution is 5.96. The van der Waals surface area contributed by atoms with Gasteiger partial charge >= 0.3 is 5.97 Å². The summed E-state index contributed by atoms with van der Waals surface area (Å²) in [6.07, 6.45) is 5.24. The van der Waals surface area contributed by atoms with E-state index in [2.05, 4.69) is 4.90 Å². The van der Waals surface area contributed by atoms with Crippen LogP contribution in [0.15, 0.2) is 17.1 Å². The summed E-state index contributed by atoms with van der Waals surface area (Å²) in [4.78, 5) is 27.8. The van der Waals surface area contributed by atoms with Crippen LogP contribution >= 0.6 is 0 Å². The number of aromatic nitrogens is 1. The molecule has 1 aliphatic carbocycles. The minimum absolute atomic E-state index is 0.0467. The van der Waals surface area contributed by atoms with Crippen LogP contribution in [0, 0.1) is 11.7 Å². The summed E-state index contributed by atoms with van der Waals surface area (Å²) in [5.74, 6) is -0.809. The summed E-state index contributed by atoms with van der Waals surface area (Å²) in [6, 6.07) is 1.65. The summed E-state index contributed by atoms with van der Waals surface area (Å²) in [5.41, 5.74) is 7.28. The van der Waals surface area contributed by atoms with Gasteiger partial charge in [-0.25, -0.2) is 9.18 Å². The Kier molecular flexibility index (Phi) is 5.22. The van der Waals surface area contributed by atoms with Crippen molar-refractivity contribution in [1.82, 2.24) is 4.57 Å². The molecule has 3 aliphatic rings. The monoisotopic (exact) mass is 429 g/mol. The molecule has 5 rings (SSSR count). The minimum atomic E-state index is -0.669. The molecule has 0 bridgehead atoms. The van der Waals surface area contributed by atoms with Crippen molar-refractivity contribution in [1.29, 1.82) is 0 Å². The number of esters is 1. The van der Waals surface area contributed by atoms with Gasteiger partial charge in [0.05, 0.1) is 24.4 Å². The average molecular weight is 429 g/mol. The molecular weight excluding hydrogens is 401 g/mol. The molecule has 3 heterocycles. The summed E-state index contributed by atoms with van der Waals surface area (Å²) in [6.45, 7) is 3.93. The molecule has 1 aromatic carbocycles. The quantitative estimate of drug-likeness (QED) is 0.752. The molecule has 2 N–H and O–H groups in total. The number of halogens is 1.